The van der Waals surface area contributed by atoms with E-state index in [1.54, 1.807) is 13.8 Å². The number of ether oxygens (including phenoxy) is 1. The van der Waals surface area contributed by atoms with Gasteiger partial charge in [-0.2, -0.15) is 4.31 Å². The second kappa shape index (κ2) is 3.15. The lowest BCUT2D eigenvalue weighted by atomic mass is 10.1. The number of carbonyl (C=O) groups excluding carboxylic acids is 2. The summed E-state index contributed by atoms with van der Waals surface area (Å²) in [6.45, 7) is 8.99. The molecule has 0 bridgehead atoms. The largest absolute Gasteiger partial charge is 0.432 e. The molecule has 0 aliphatic carbocycles. The Morgan fingerprint density at radius 1 is 1.29 bits per heavy atom. The molecule has 14 heavy (non-hydrogen) atoms. The zero-order chi connectivity index (χ0) is 11.1. The third-order valence-corrected chi connectivity index (χ3v) is 2.62. The van der Waals surface area contributed by atoms with E-state index in [4.69, 9.17) is 4.74 Å². The van der Waals surface area contributed by atoms with Crippen LogP contribution in [-0.2, 0) is 9.53 Å². The summed E-state index contributed by atoms with van der Waals surface area (Å²) in [6, 6.07) is 0. The Hall–Kier alpha value is -0.710. The zero-order valence-corrected chi connectivity index (χ0v) is 9.90. The van der Waals surface area contributed by atoms with Crippen molar-refractivity contribution in [2.45, 2.75) is 45.0 Å². The van der Waals surface area contributed by atoms with E-state index in [1.165, 1.54) is 11.9 Å². The van der Waals surface area contributed by atoms with Gasteiger partial charge in [-0.25, -0.2) is 4.79 Å². The molecule has 0 aromatic heterocycles. The van der Waals surface area contributed by atoms with E-state index < -0.39 is 11.7 Å². The number of amides is 2. The Morgan fingerprint density at radius 2 is 1.79 bits per heavy atom. The van der Waals surface area contributed by atoms with Crippen LogP contribution in [0.1, 0.15) is 34.6 Å². The van der Waals surface area contributed by atoms with Gasteiger partial charge in [-0.05, 0) is 46.6 Å². The molecule has 0 spiro atoms. The van der Waals surface area contributed by atoms with Gasteiger partial charge in [0.25, 0.3) is 5.91 Å². The molecule has 1 saturated heterocycles. The van der Waals surface area contributed by atoms with E-state index in [0.717, 1.165) is 4.31 Å². The van der Waals surface area contributed by atoms with Gasteiger partial charge in [-0.1, -0.05) is 0 Å². The Bertz CT molecular complexity index is 280. The van der Waals surface area contributed by atoms with Crippen molar-refractivity contribution in [1.29, 1.82) is 0 Å². The fraction of sp³-hybridized carbons (Fsp3) is 0.778. The van der Waals surface area contributed by atoms with Crippen molar-refractivity contribution in [3.05, 3.63) is 0 Å². The Morgan fingerprint density at radius 3 is 2.07 bits per heavy atom. The van der Waals surface area contributed by atoms with Crippen molar-refractivity contribution in [2.24, 2.45) is 0 Å². The third-order valence-electron chi connectivity index (χ3n) is 1.57. The van der Waals surface area contributed by atoms with Crippen molar-refractivity contribution in [2.75, 3.05) is 0 Å². The lowest BCUT2D eigenvalue weighted by Crippen LogP contribution is -2.34. The third kappa shape index (κ3) is 2.20. The molecule has 0 unspecified atom stereocenters. The second-order valence-corrected chi connectivity index (χ2v) is 6.45. The SMILES string of the molecule is CC(C)(C)SN1C(=O)OC(C)(C)C1=O. The van der Waals surface area contributed by atoms with Crippen LogP contribution in [0.4, 0.5) is 4.79 Å². The fourth-order valence-electron chi connectivity index (χ4n) is 0.983. The minimum Gasteiger partial charge on any atom is -0.432 e. The Balaban J connectivity index is 2.82. The van der Waals surface area contributed by atoms with Crippen molar-refractivity contribution < 1.29 is 14.3 Å². The standard InChI is InChI=1S/C9H15NO3S/c1-8(2,3)14-10-6(11)9(4,5)13-7(10)12/h1-5H3. The molecular formula is C9H15NO3S. The maximum absolute atomic E-state index is 11.7. The first-order chi connectivity index (χ1) is 6.13. The maximum Gasteiger partial charge on any atom is 0.428 e. The van der Waals surface area contributed by atoms with Crippen LogP contribution in [0, 0.1) is 0 Å². The molecule has 0 N–H and O–H groups in total. The van der Waals surface area contributed by atoms with E-state index in [-0.39, 0.29) is 10.7 Å². The van der Waals surface area contributed by atoms with Crippen molar-refractivity contribution in [3.63, 3.8) is 0 Å². The molecule has 0 saturated carbocycles. The molecule has 1 heterocycles. The van der Waals surface area contributed by atoms with Crippen molar-refractivity contribution in [3.8, 4) is 0 Å². The van der Waals surface area contributed by atoms with E-state index in [0.29, 0.717) is 0 Å². The molecule has 80 valence electrons. The number of imide groups is 1. The first-order valence-corrected chi connectivity index (χ1v) is 5.17. The number of hydrogen-bond donors (Lipinski definition) is 0. The van der Waals surface area contributed by atoms with Gasteiger partial charge in [0.15, 0.2) is 5.60 Å². The van der Waals surface area contributed by atoms with Crippen LogP contribution >= 0.6 is 11.9 Å². The van der Waals surface area contributed by atoms with Crippen LogP contribution in [0.3, 0.4) is 0 Å². The quantitative estimate of drug-likeness (QED) is 0.632. The highest BCUT2D eigenvalue weighted by atomic mass is 32.2. The van der Waals surface area contributed by atoms with Crippen LogP contribution < -0.4 is 0 Å². The predicted molar refractivity (Wildman–Crippen MR) is 54.8 cm³/mol. The number of nitrogens with zero attached hydrogens (tertiary/aromatic N) is 1. The van der Waals surface area contributed by atoms with Crippen LogP contribution in [-0.4, -0.2) is 26.7 Å². The van der Waals surface area contributed by atoms with Gasteiger partial charge in [0.05, 0.1) is 0 Å². The highest BCUT2D eigenvalue weighted by molar-refractivity contribution is 7.99. The molecule has 5 heteroatoms. The lowest BCUT2D eigenvalue weighted by molar-refractivity contribution is -0.131. The number of rotatable bonds is 1. The van der Waals surface area contributed by atoms with Crippen LogP contribution in [0.15, 0.2) is 0 Å². The van der Waals surface area contributed by atoms with Crippen molar-refractivity contribution in [1.82, 2.24) is 4.31 Å². The summed E-state index contributed by atoms with van der Waals surface area (Å²) in [7, 11) is 0. The van der Waals surface area contributed by atoms with Gasteiger partial charge in [0.2, 0.25) is 0 Å². The van der Waals surface area contributed by atoms with Gasteiger partial charge in [0, 0.05) is 4.75 Å². The van der Waals surface area contributed by atoms with Crippen LogP contribution in [0.25, 0.3) is 0 Å². The predicted octanol–water partition coefficient (Wildman–Crippen LogP) is 2.19. The summed E-state index contributed by atoms with van der Waals surface area (Å²) in [4.78, 5) is 23.0. The van der Waals surface area contributed by atoms with Gasteiger partial charge in [-0.3, -0.25) is 4.79 Å². The molecule has 1 aliphatic rings. The van der Waals surface area contributed by atoms with E-state index in [9.17, 15) is 9.59 Å². The van der Waals surface area contributed by atoms with Gasteiger partial charge in [0.1, 0.15) is 0 Å². The van der Waals surface area contributed by atoms with Gasteiger partial charge < -0.3 is 4.74 Å². The lowest BCUT2D eigenvalue weighted by Gasteiger charge is -2.21. The molecule has 2 amide bonds. The van der Waals surface area contributed by atoms with E-state index in [2.05, 4.69) is 0 Å². The molecular weight excluding hydrogens is 202 g/mol. The minimum absolute atomic E-state index is 0.185. The smallest absolute Gasteiger partial charge is 0.428 e. The molecule has 0 aromatic carbocycles. The highest BCUT2D eigenvalue weighted by Crippen LogP contribution is 2.35. The molecule has 4 nitrogen and oxygen atoms in total. The summed E-state index contributed by atoms with van der Waals surface area (Å²) in [5, 5.41) is 0. The summed E-state index contributed by atoms with van der Waals surface area (Å²) in [5.41, 5.74) is -1.02. The first-order valence-electron chi connectivity index (χ1n) is 4.40. The van der Waals surface area contributed by atoms with Gasteiger partial charge >= 0.3 is 6.09 Å². The van der Waals surface area contributed by atoms with Crippen LogP contribution in [0.5, 0.6) is 0 Å². The molecule has 0 atom stereocenters. The average molecular weight is 217 g/mol. The second-order valence-electron chi connectivity index (χ2n) is 4.68. The fourth-order valence-corrected chi connectivity index (χ4v) is 1.95. The monoisotopic (exact) mass is 217 g/mol. The molecule has 1 aliphatic heterocycles. The Kier molecular flexibility index (Phi) is 2.56. The molecule has 1 rings (SSSR count). The number of carbonyl (C=O) groups is 2. The number of cyclic esters (lactones) is 1. The summed E-state index contributed by atoms with van der Waals surface area (Å²) < 4.78 is 5.85. The molecule has 0 radical (unpaired) electrons. The summed E-state index contributed by atoms with van der Waals surface area (Å²) in [5.74, 6) is -0.289. The van der Waals surface area contributed by atoms with Crippen molar-refractivity contribution >= 4 is 23.9 Å². The van der Waals surface area contributed by atoms with Crippen LogP contribution in [0.2, 0.25) is 0 Å². The van der Waals surface area contributed by atoms with E-state index >= 15 is 0 Å². The Labute approximate surface area is 88.1 Å². The molecule has 0 aromatic rings. The average Bonchev–Trinajstić information content (AvgIpc) is 2.10. The summed E-state index contributed by atoms with van der Waals surface area (Å²) in [6.07, 6.45) is -0.570. The highest BCUT2D eigenvalue weighted by Gasteiger charge is 2.48. The normalized spacial score (nSPS) is 21.4. The first kappa shape index (κ1) is 11.4. The summed E-state index contributed by atoms with van der Waals surface area (Å²) >= 11 is 1.19. The van der Waals surface area contributed by atoms with Gasteiger partial charge in [-0.15, -0.1) is 0 Å². The number of hydrogen-bond acceptors (Lipinski definition) is 4. The molecule has 1 fully saturated rings. The maximum atomic E-state index is 11.7. The topological polar surface area (TPSA) is 46.6 Å². The van der Waals surface area contributed by atoms with E-state index in [1.807, 2.05) is 20.8 Å². The minimum atomic E-state index is -1.02. The zero-order valence-electron chi connectivity index (χ0n) is 9.08.